The molecule has 1 saturated heterocycles. The van der Waals surface area contributed by atoms with Crippen LogP contribution < -0.4 is 5.32 Å². The van der Waals surface area contributed by atoms with Crippen molar-refractivity contribution >= 4 is 18.3 Å². The lowest BCUT2D eigenvalue weighted by Gasteiger charge is -2.30. The number of aromatic nitrogens is 2. The Morgan fingerprint density at radius 3 is 2.82 bits per heavy atom. The smallest absolute Gasteiger partial charge is 0.227 e. The molecule has 2 heterocycles. The number of hydrogen-bond donors (Lipinski definition) is 1. The third-order valence-electron chi connectivity index (χ3n) is 3.96. The van der Waals surface area contributed by atoms with Crippen molar-refractivity contribution in [1.82, 2.24) is 25.3 Å². The van der Waals surface area contributed by atoms with Gasteiger partial charge in [0.2, 0.25) is 11.8 Å². The van der Waals surface area contributed by atoms with E-state index in [4.69, 9.17) is 4.52 Å². The molecule has 1 aromatic rings. The van der Waals surface area contributed by atoms with Crippen LogP contribution in [-0.2, 0) is 11.2 Å². The summed E-state index contributed by atoms with van der Waals surface area (Å²) in [6, 6.07) is 0.148. The van der Waals surface area contributed by atoms with E-state index in [1.165, 1.54) is 0 Å². The second-order valence-corrected chi connectivity index (χ2v) is 5.31. The summed E-state index contributed by atoms with van der Waals surface area (Å²) in [6.45, 7) is 8.22. The van der Waals surface area contributed by atoms with Gasteiger partial charge in [0.05, 0.1) is 6.04 Å². The minimum absolute atomic E-state index is 0. The van der Waals surface area contributed by atoms with Gasteiger partial charge in [0.15, 0.2) is 5.82 Å². The van der Waals surface area contributed by atoms with Crippen LogP contribution in [0.25, 0.3) is 0 Å². The fourth-order valence-corrected chi connectivity index (χ4v) is 2.55. The Kier molecular flexibility index (Phi) is 7.78. The Labute approximate surface area is 137 Å². The van der Waals surface area contributed by atoms with Gasteiger partial charge >= 0.3 is 0 Å². The average Bonchev–Trinajstić information content (AvgIpc) is 2.95. The number of nitrogens with one attached hydrogen (secondary N) is 1. The predicted octanol–water partition coefficient (Wildman–Crippen LogP) is 0.868. The van der Waals surface area contributed by atoms with Gasteiger partial charge in [-0.1, -0.05) is 5.16 Å². The summed E-state index contributed by atoms with van der Waals surface area (Å²) in [6.07, 6.45) is 0.925. The van der Waals surface area contributed by atoms with Crippen molar-refractivity contribution in [3.63, 3.8) is 0 Å². The second kappa shape index (κ2) is 9.07. The van der Waals surface area contributed by atoms with E-state index >= 15 is 0 Å². The maximum absolute atomic E-state index is 12.0. The Morgan fingerprint density at radius 2 is 2.18 bits per heavy atom. The minimum atomic E-state index is 0. The van der Waals surface area contributed by atoms with Gasteiger partial charge in [-0.2, -0.15) is 4.98 Å². The molecule has 0 radical (unpaired) electrons. The van der Waals surface area contributed by atoms with Gasteiger partial charge in [-0.15, -0.1) is 12.4 Å². The Morgan fingerprint density at radius 1 is 1.45 bits per heavy atom. The maximum atomic E-state index is 12.0. The molecule has 1 N–H and O–H groups in total. The molecule has 8 heteroatoms. The van der Waals surface area contributed by atoms with Gasteiger partial charge in [0.25, 0.3) is 0 Å². The van der Waals surface area contributed by atoms with Crippen molar-refractivity contribution < 1.29 is 9.32 Å². The van der Waals surface area contributed by atoms with Gasteiger partial charge < -0.3 is 14.7 Å². The first-order valence-electron chi connectivity index (χ1n) is 7.66. The fourth-order valence-electron chi connectivity index (χ4n) is 2.55. The van der Waals surface area contributed by atoms with Crippen molar-refractivity contribution in [2.45, 2.75) is 32.7 Å². The highest BCUT2D eigenvalue weighted by atomic mass is 35.5. The molecule has 2 rings (SSSR count). The monoisotopic (exact) mass is 331 g/mol. The number of nitrogens with zero attached hydrogens (tertiary/aromatic N) is 4. The molecule has 1 unspecified atom stereocenters. The van der Waals surface area contributed by atoms with Crippen LogP contribution in [0.2, 0.25) is 0 Å². The first-order chi connectivity index (χ1) is 10.2. The maximum Gasteiger partial charge on any atom is 0.227 e. The number of piperazine rings is 1. The molecule has 1 aliphatic rings. The zero-order valence-corrected chi connectivity index (χ0v) is 14.4. The fraction of sp³-hybridized carbons (Fsp3) is 0.786. The molecule has 1 amide bonds. The van der Waals surface area contributed by atoms with E-state index in [9.17, 15) is 4.79 Å². The van der Waals surface area contributed by atoms with E-state index in [0.29, 0.717) is 24.6 Å². The SMILES string of the molecule is CCN(CC)C(=O)CCc1nc(C2CNCCN2C)no1.Cl. The first-order valence-corrected chi connectivity index (χ1v) is 7.66. The summed E-state index contributed by atoms with van der Waals surface area (Å²) in [5.41, 5.74) is 0. The molecule has 0 spiro atoms. The summed E-state index contributed by atoms with van der Waals surface area (Å²) >= 11 is 0. The van der Waals surface area contributed by atoms with Crippen LogP contribution in [-0.4, -0.2) is 65.6 Å². The largest absolute Gasteiger partial charge is 0.343 e. The van der Waals surface area contributed by atoms with Crippen LogP contribution in [0.5, 0.6) is 0 Å². The van der Waals surface area contributed by atoms with Crippen molar-refractivity contribution in [1.29, 1.82) is 0 Å². The lowest BCUT2D eigenvalue weighted by atomic mass is 10.2. The number of carbonyl (C=O) groups is 1. The van der Waals surface area contributed by atoms with Gasteiger partial charge in [-0.3, -0.25) is 9.69 Å². The number of likely N-dealkylation sites (N-methyl/N-ethyl adjacent to an activating group) is 1. The first kappa shape index (κ1) is 18.9. The summed E-state index contributed by atoms with van der Waals surface area (Å²) in [4.78, 5) is 20.4. The zero-order valence-electron chi connectivity index (χ0n) is 13.5. The van der Waals surface area contributed by atoms with Crippen molar-refractivity contribution in [2.24, 2.45) is 0 Å². The molecule has 0 aliphatic carbocycles. The highest BCUT2D eigenvalue weighted by Gasteiger charge is 2.25. The standard InChI is InChI=1S/C14H25N5O2.ClH/c1-4-19(5-2)13(20)7-6-12-16-14(17-21-12)11-10-15-8-9-18(11)3;/h11,15H,4-10H2,1-3H3;1H. The molecule has 0 saturated carbocycles. The van der Waals surface area contributed by atoms with Crippen molar-refractivity contribution in [3.05, 3.63) is 11.7 Å². The molecule has 7 nitrogen and oxygen atoms in total. The van der Waals surface area contributed by atoms with Crippen molar-refractivity contribution in [3.8, 4) is 0 Å². The molecule has 126 valence electrons. The summed E-state index contributed by atoms with van der Waals surface area (Å²) < 4.78 is 5.28. The second-order valence-electron chi connectivity index (χ2n) is 5.31. The summed E-state index contributed by atoms with van der Waals surface area (Å²) in [7, 11) is 2.06. The zero-order chi connectivity index (χ0) is 15.2. The third-order valence-corrected chi connectivity index (χ3v) is 3.96. The number of carbonyl (C=O) groups excluding carboxylic acids is 1. The number of rotatable bonds is 6. The molecule has 1 aliphatic heterocycles. The molecule has 1 atom stereocenters. The topological polar surface area (TPSA) is 74.5 Å². The van der Waals surface area contributed by atoms with Crippen LogP contribution in [0.15, 0.2) is 4.52 Å². The highest BCUT2D eigenvalue weighted by molar-refractivity contribution is 5.85. The molecular formula is C14H26ClN5O2. The van der Waals surface area contributed by atoms with Crippen molar-refractivity contribution in [2.75, 3.05) is 39.8 Å². The van der Waals surface area contributed by atoms with Crippen LogP contribution in [0.4, 0.5) is 0 Å². The Bertz CT molecular complexity index is 464. The summed E-state index contributed by atoms with van der Waals surface area (Å²) in [5, 5.41) is 7.39. The van der Waals surface area contributed by atoms with E-state index in [0.717, 1.165) is 32.7 Å². The number of aryl methyl sites for hydroxylation is 1. The average molecular weight is 332 g/mol. The lowest BCUT2D eigenvalue weighted by molar-refractivity contribution is -0.130. The number of hydrogen-bond acceptors (Lipinski definition) is 6. The van der Waals surface area contributed by atoms with Gasteiger partial charge in [-0.25, -0.2) is 0 Å². The van der Waals surface area contributed by atoms with E-state index in [2.05, 4.69) is 27.4 Å². The predicted molar refractivity (Wildman–Crippen MR) is 86.0 cm³/mol. The third kappa shape index (κ3) is 4.66. The van der Waals surface area contributed by atoms with Gasteiger partial charge in [0.1, 0.15) is 0 Å². The van der Waals surface area contributed by atoms with Gasteiger partial charge in [0, 0.05) is 45.6 Å². The number of amides is 1. The number of halogens is 1. The normalized spacial score (nSPS) is 18.8. The molecule has 0 aromatic carbocycles. The molecule has 1 fully saturated rings. The molecular weight excluding hydrogens is 306 g/mol. The lowest BCUT2D eigenvalue weighted by Crippen LogP contribution is -2.44. The van der Waals surface area contributed by atoms with E-state index < -0.39 is 0 Å². The molecule has 0 bridgehead atoms. The van der Waals surface area contributed by atoms with Crippen LogP contribution >= 0.6 is 12.4 Å². The Balaban J connectivity index is 0.00000242. The molecule has 22 heavy (non-hydrogen) atoms. The Hall–Kier alpha value is -1.18. The quantitative estimate of drug-likeness (QED) is 0.833. The van der Waals surface area contributed by atoms with E-state index in [1.54, 1.807) is 0 Å². The van der Waals surface area contributed by atoms with E-state index in [1.807, 2.05) is 18.7 Å². The minimum Gasteiger partial charge on any atom is -0.343 e. The van der Waals surface area contributed by atoms with E-state index in [-0.39, 0.29) is 24.4 Å². The van der Waals surface area contributed by atoms with Crippen LogP contribution in [0.1, 0.15) is 38.0 Å². The highest BCUT2D eigenvalue weighted by Crippen LogP contribution is 2.17. The molecule has 1 aromatic heterocycles. The summed E-state index contributed by atoms with van der Waals surface area (Å²) in [5.74, 6) is 1.38. The van der Waals surface area contributed by atoms with Crippen LogP contribution in [0.3, 0.4) is 0 Å². The van der Waals surface area contributed by atoms with Gasteiger partial charge in [-0.05, 0) is 20.9 Å². The van der Waals surface area contributed by atoms with Crippen LogP contribution in [0, 0.1) is 0 Å².